The van der Waals surface area contributed by atoms with E-state index in [4.69, 9.17) is 0 Å². The first-order valence-corrected chi connectivity index (χ1v) is 2.47. The van der Waals surface area contributed by atoms with E-state index in [9.17, 15) is 0 Å². The van der Waals surface area contributed by atoms with Crippen LogP contribution in [0, 0.1) is 5.92 Å². The first-order chi connectivity index (χ1) is 2.64. The number of allylic oxidation sites excluding steroid dienone is 1. The SMILES string of the molecule is C=C(S)C(C)C. The van der Waals surface area contributed by atoms with Gasteiger partial charge in [-0.3, -0.25) is 0 Å². The van der Waals surface area contributed by atoms with E-state index in [1.54, 1.807) is 0 Å². The molecule has 0 rings (SSSR count). The van der Waals surface area contributed by atoms with E-state index >= 15 is 0 Å². The summed E-state index contributed by atoms with van der Waals surface area (Å²) in [6, 6.07) is 0. The molecule has 0 fully saturated rings. The smallest absolute Gasteiger partial charge is 0.0167 e. The average Bonchev–Trinajstić information content (AvgIpc) is 1.36. The topological polar surface area (TPSA) is 0 Å². The van der Waals surface area contributed by atoms with Crippen LogP contribution < -0.4 is 0 Å². The lowest BCUT2D eigenvalue weighted by Gasteiger charge is -1.96. The third kappa shape index (κ3) is 2.33. The van der Waals surface area contributed by atoms with E-state index in [1.165, 1.54) is 0 Å². The van der Waals surface area contributed by atoms with E-state index in [-0.39, 0.29) is 0 Å². The first-order valence-electron chi connectivity index (χ1n) is 2.02. The van der Waals surface area contributed by atoms with Crippen LogP contribution in [0.4, 0.5) is 0 Å². The minimum Gasteiger partial charge on any atom is -0.148 e. The summed E-state index contributed by atoms with van der Waals surface area (Å²) >= 11 is 4.00. The molecule has 36 valence electrons. The van der Waals surface area contributed by atoms with Crippen LogP contribution in [0.3, 0.4) is 0 Å². The molecule has 0 aliphatic heterocycles. The van der Waals surface area contributed by atoms with Crippen molar-refractivity contribution >= 4 is 12.6 Å². The Morgan fingerprint density at radius 3 is 1.83 bits per heavy atom. The number of hydrogen-bond donors (Lipinski definition) is 1. The molecule has 0 aromatic rings. The van der Waals surface area contributed by atoms with Crippen LogP contribution in [-0.4, -0.2) is 0 Å². The lowest BCUT2D eigenvalue weighted by molar-refractivity contribution is 0.821. The van der Waals surface area contributed by atoms with Gasteiger partial charge in [0.1, 0.15) is 0 Å². The fourth-order valence-electron chi connectivity index (χ4n) is 0. The van der Waals surface area contributed by atoms with E-state index in [0.29, 0.717) is 5.92 Å². The van der Waals surface area contributed by atoms with E-state index in [0.717, 1.165) is 4.91 Å². The van der Waals surface area contributed by atoms with Gasteiger partial charge in [0, 0.05) is 0 Å². The van der Waals surface area contributed by atoms with E-state index < -0.39 is 0 Å². The van der Waals surface area contributed by atoms with Crippen LogP contribution in [0.1, 0.15) is 13.8 Å². The Labute approximate surface area is 44.7 Å². The minimum atomic E-state index is 0.522. The first kappa shape index (κ1) is 6.09. The molecule has 1 heteroatoms. The van der Waals surface area contributed by atoms with Crippen molar-refractivity contribution in [1.29, 1.82) is 0 Å². The van der Waals surface area contributed by atoms with Gasteiger partial charge in [-0.05, 0) is 10.8 Å². The van der Waals surface area contributed by atoms with Crippen molar-refractivity contribution in [2.24, 2.45) is 5.92 Å². The van der Waals surface area contributed by atoms with Gasteiger partial charge in [-0.15, -0.1) is 12.6 Å². The van der Waals surface area contributed by atoms with Crippen molar-refractivity contribution in [2.45, 2.75) is 13.8 Å². The lowest BCUT2D eigenvalue weighted by atomic mass is 10.2. The largest absolute Gasteiger partial charge is 0.148 e. The Kier molecular flexibility index (Phi) is 2.33. The van der Waals surface area contributed by atoms with Gasteiger partial charge in [0.25, 0.3) is 0 Å². The molecular weight excluding hydrogens is 92.1 g/mol. The normalized spacial score (nSPS) is 9.33. The van der Waals surface area contributed by atoms with E-state index in [1.807, 2.05) is 0 Å². The Balaban J connectivity index is 3.26. The predicted molar refractivity (Wildman–Crippen MR) is 33.0 cm³/mol. The minimum absolute atomic E-state index is 0.522. The fraction of sp³-hybridized carbons (Fsp3) is 0.600. The molecule has 0 amide bonds. The summed E-state index contributed by atoms with van der Waals surface area (Å²) in [6.07, 6.45) is 0. The number of hydrogen-bond acceptors (Lipinski definition) is 1. The summed E-state index contributed by atoms with van der Waals surface area (Å²) in [4.78, 5) is 0.954. The second-order valence-corrected chi connectivity index (χ2v) is 2.22. The molecule has 0 aliphatic carbocycles. The fourth-order valence-corrected chi connectivity index (χ4v) is 0. The lowest BCUT2D eigenvalue weighted by Crippen LogP contribution is -1.80. The molecular formula is C5H10S. The third-order valence-corrected chi connectivity index (χ3v) is 1.18. The summed E-state index contributed by atoms with van der Waals surface area (Å²) in [6.45, 7) is 7.75. The van der Waals surface area contributed by atoms with Crippen LogP contribution in [-0.2, 0) is 0 Å². The van der Waals surface area contributed by atoms with Crippen molar-refractivity contribution < 1.29 is 0 Å². The molecule has 6 heavy (non-hydrogen) atoms. The van der Waals surface area contributed by atoms with Crippen molar-refractivity contribution in [3.8, 4) is 0 Å². The standard InChI is InChI=1S/C5H10S/c1-4(2)5(3)6/h4,6H,3H2,1-2H3. The molecule has 0 N–H and O–H groups in total. The Bertz CT molecular complexity index is 55.0. The van der Waals surface area contributed by atoms with Gasteiger partial charge < -0.3 is 0 Å². The highest BCUT2D eigenvalue weighted by atomic mass is 32.1. The van der Waals surface area contributed by atoms with Gasteiger partial charge in [-0.1, -0.05) is 20.4 Å². The van der Waals surface area contributed by atoms with Crippen LogP contribution >= 0.6 is 12.6 Å². The van der Waals surface area contributed by atoms with Crippen LogP contribution in [0.5, 0.6) is 0 Å². The Hall–Kier alpha value is 0.0900. The zero-order chi connectivity index (χ0) is 5.15. The van der Waals surface area contributed by atoms with Crippen molar-refractivity contribution in [3.63, 3.8) is 0 Å². The second-order valence-electron chi connectivity index (χ2n) is 1.65. The van der Waals surface area contributed by atoms with Gasteiger partial charge >= 0.3 is 0 Å². The average molecular weight is 102 g/mol. The van der Waals surface area contributed by atoms with Crippen molar-refractivity contribution in [3.05, 3.63) is 11.5 Å². The summed E-state index contributed by atoms with van der Waals surface area (Å²) in [7, 11) is 0. The zero-order valence-corrected chi connectivity index (χ0v) is 5.13. The molecule has 0 aliphatic rings. The van der Waals surface area contributed by atoms with Crippen molar-refractivity contribution in [2.75, 3.05) is 0 Å². The summed E-state index contributed by atoms with van der Waals surface area (Å²) in [5, 5.41) is 0. The summed E-state index contributed by atoms with van der Waals surface area (Å²) in [5.74, 6) is 0.522. The van der Waals surface area contributed by atoms with Gasteiger partial charge in [0.2, 0.25) is 0 Å². The molecule has 0 atom stereocenters. The maximum absolute atomic E-state index is 4.00. The van der Waals surface area contributed by atoms with Crippen LogP contribution in [0.2, 0.25) is 0 Å². The summed E-state index contributed by atoms with van der Waals surface area (Å²) in [5.41, 5.74) is 0. The maximum Gasteiger partial charge on any atom is -0.0167 e. The highest BCUT2D eigenvalue weighted by Gasteiger charge is 1.88. The molecule has 0 saturated carbocycles. The Morgan fingerprint density at radius 1 is 1.67 bits per heavy atom. The van der Waals surface area contributed by atoms with Crippen LogP contribution in [0.15, 0.2) is 11.5 Å². The maximum atomic E-state index is 4.00. The molecule has 0 aromatic carbocycles. The highest BCUT2D eigenvalue weighted by Crippen LogP contribution is 2.08. The van der Waals surface area contributed by atoms with Crippen LogP contribution in [0.25, 0.3) is 0 Å². The predicted octanol–water partition coefficient (Wildman–Crippen LogP) is 2.09. The van der Waals surface area contributed by atoms with Crippen molar-refractivity contribution in [1.82, 2.24) is 0 Å². The molecule has 0 spiro atoms. The molecule has 0 bridgehead atoms. The van der Waals surface area contributed by atoms with Gasteiger partial charge in [-0.2, -0.15) is 0 Å². The van der Waals surface area contributed by atoms with Gasteiger partial charge in [-0.25, -0.2) is 0 Å². The molecule has 0 saturated heterocycles. The quantitative estimate of drug-likeness (QED) is 0.481. The molecule has 0 unspecified atom stereocenters. The Morgan fingerprint density at radius 2 is 1.83 bits per heavy atom. The monoisotopic (exact) mass is 102 g/mol. The highest BCUT2D eigenvalue weighted by molar-refractivity contribution is 7.84. The zero-order valence-electron chi connectivity index (χ0n) is 4.23. The molecule has 0 radical (unpaired) electrons. The molecule has 0 aromatic heterocycles. The summed E-state index contributed by atoms with van der Waals surface area (Å²) < 4.78 is 0. The molecule has 0 heterocycles. The third-order valence-electron chi connectivity index (χ3n) is 0.666. The molecule has 0 nitrogen and oxygen atoms in total. The van der Waals surface area contributed by atoms with Gasteiger partial charge in [0.15, 0.2) is 0 Å². The van der Waals surface area contributed by atoms with Gasteiger partial charge in [0.05, 0.1) is 0 Å². The number of rotatable bonds is 1. The van der Waals surface area contributed by atoms with E-state index in [2.05, 4.69) is 33.1 Å². The number of thiol groups is 1. The second kappa shape index (κ2) is 2.30.